The maximum Gasteiger partial charge on any atom is 0.189 e. The molecule has 3 rings (SSSR count). The van der Waals surface area contributed by atoms with Crippen molar-refractivity contribution in [2.75, 3.05) is 0 Å². The number of aromatic hydroxyl groups is 1. The van der Waals surface area contributed by atoms with Gasteiger partial charge in [0.05, 0.1) is 5.69 Å². The van der Waals surface area contributed by atoms with Gasteiger partial charge in [0, 0.05) is 17.3 Å². The molecule has 0 atom stereocenters. The van der Waals surface area contributed by atoms with Gasteiger partial charge >= 0.3 is 0 Å². The summed E-state index contributed by atoms with van der Waals surface area (Å²) in [6.45, 7) is 0. The fraction of sp³-hybridized carbons (Fsp3) is 0.125. The number of aromatic nitrogens is 1. The number of benzene rings is 1. The van der Waals surface area contributed by atoms with E-state index in [1.54, 1.807) is 18.3 Å². The van der Waals surface area contributed by atoms with Gasteiger partial charge in [-0.15, -0.1) is 0 Å². The first-order valence-corrected chi connectivity index (χ1v) is 6.22. The van der Waals surface area contributed by atoms with Gasteiger partial charge < -0.3 is 5.11 Å². The summed E-state index contributed by atoms with van der Waals surface area (Å²) in [6.07, 6.45) is 5.07. The predicted octanol–water partition coefficient (Wildman–Crippen LogP) is 3.00. The molecule has 0 amide bonds. The first-order valence-electron chi connectivity index (χ1n) is 6.22. The number of hydrogen-bond acceptors (Lipinski definition) is 3. The third-order valence-electron chi connectivity index (χ3n) is 3.30. The van der Waals surface area contributed by atoms with Gasteiger partial charge in [0.25, 0.3) is 0 Å². The van der Waals surface area contributed by atoms with Crippen molar-refractivity contribution in [3.05, 3.63) is 65.0 Å². The van der Waals surface area contributed by atoms with E-state index in [-0.39, 0.29) is 11.5 Å². The molecule has 2 aromatic rings. The lowest BCUT2D eigenvalue weighted by atomic mass is 9.86. The summed E-state index contributed by atoms with van der Waals surface area (Å²) in [4.78, 5) is 16.6. The summed E-state index contributed by atoms with van der Waals surface area (Å²) in [5.41, 5.74) is 3.14. The van der Waals surface area contributed by atoms with Crippen molar-refractivity contribution >= 4 is 11.9 Å². The van der Waals surface area contributed by atoms with E-state index in [0.717, 1.165) is 23.3 Å². The van der Waals surface area contributed by atoms with Crippen LogP contribution in [0.25, 0.3) is 6.08 Å². The second-order valence-corrected chi connectivity index (χ2v) is 4.59. The smallest absolute Gasteiger partial charge is 0.189 e. The summed E-state index contributed by atoms with van der Waals surface area (Å²) in [5.74, 6) is 0.119. The average molecular weight is 251 g/mol. The highest BCUT2D eigenvalue weighted by Gasteiger charge is 2.22. The second-order valence-electron chi connectivity index (χ2n) is 4.59. The van der Waals surface area contributed by atoms with Gasteiger partial charge in [-0.25, -0.2) is 0 Å². The zero-order valence-corrected chi connectivity index (χ0v) is 10.3. The van der Waals surface area contributed by atoms with E-state index < -0.39 is 0 Å². The van der Waals surface area contributed by atoms with Crippen molar-refractivity contribution in [3.8, 4) is 5.75 Å². The van der Waals surface area contributed by atoms with E-state index in [9.17, 15) is 9.90 Å². The van der Waals surface area contributed by atoms with Crippen molar-refractivity contribution in [3.63, 3.8) is 0 Å². The number of aryl methyl sites for hydroxylation is 1. The number of carbonyl (C=O) groups is 1. The largest absolute Gasteiger partial charge is 0.508 e. The monoisotopic (exact) mass is 251 g/mol. The molecule has 0 radical (unpaired) electrons. The number of phenols is 1. The lowest BCUT2D eigenvalue weighted by molar-refractivity contribution is 0.102. The van der Waals surface area contributed by atoms with Gasteiger partial charge in [-0.3, -0.25) is 9.78 Å². The molecule has 94 valence electrons. The second kappa shape index (κ2) is 4.69. The first-order chi connectivity index (χ1) is 9.24. The van der Waals surface area contributed by atoms with Gasteiger partial charge in [0.2, 0.25) is 0 Å². The number of rotatable bonds is 1. The molecule has 19 heavy (non-hydrogen) atoms. The van der Waals surface area contributed by atoms with Crippen LogP contribution >= 0.6 is 0 Å². The molecule has 3 heteroatoms. The number of nitrogens with zero attached hydrogens (tertiary/aromatic N) is 1. The number of fused-ring (bicyclic) bond motifs is 1. The van der Waals surface area contributed by atoms with Gasteiger partial charge in [-0.1, -0.05) is 12.1 Å². The normalized spacial score (nSPS) is 16.4. The predicted molar refractivity (Wildman–Crippen MR) is 73.0 cm³/mol. The minimum Gasteiger partial charge on any atom is -0.508 e. The van der Waals surface area contributed by atoms with E-state index in [0.29, 0.717) is 12.0 Å². The van der Waals surface area contributed by atoms with Crippen LogP contribution in [0.1, 0.15) is 28.0 Å². The standard InChI is InChI=1S/C16H13NO2/c18-14-7-6-11-4-5-12(16(19)15(11)10-14)9-13-3-1-2-8-17-13/h1-3,6-10,18H,4-5H2/b12-9+. The Morgan fingerprint density at radius 1 is 1.16 bits per heavy atom. The van der Waals surface area contributed by atoms with Crippen LogP contribution in [0.5, 0.6) is 5.75 Å². The Labute approximate surface area is 111 Å². The molecule has 0 unspecified atom stereocenters. The molecule has 0 bridgehead atoms. The number of Topliss-reactive ketones (excluding diaryl/α,β-unsaturated/α-hetero) is 1. The molecule has 1 aliphatic carbocycles. The Morgan fingerprint density at radius 2 is 2.05 bits per heavy atom. The van der Waals surface area contributed by atoms with E-state index in [1.807, 2.05) is 30.3 Å². The molecule has 1 heterocycles. The molecule has 0 saturated carbocycles. The molecule has 1 N–H and O–H groups in total. The van der Waals surface area contributed by atoms with E-state index in [4.69, 9.17) is 0 Å². The van der Waals surface area contributed by atoms with Crippen molar-refractivity contribution in [2.24, 2.45) is 0 Å². The van der Waals surface area contributed by atoms with E-state index >= 15 is 0 Å². The van der Waals surface area contributed by atoms with Gasteiger partial charge in [-0.2, -0.15) is 0 Å². The number of phenolic OH excluding ortho intramolecular Hbond substituents is 1. The van der Waals surface area contributed by atoms with Crippen LogP contribution in [0.4, 0.5) is 0 Å². The third-order valence-corrected chi connectivity index (χ3v) is 3.30. The highest BCUT2D eigenvalue weighted by atomic mass is 16.3. The van der Waals surface area contributed by atoms with Crippen LogP contribution in [0.3, 0.4) is 0 Å². The zero-order chi connectivity index (χ0) is 13.2. The molecular weight excluding hydrogens is 238 g/mol. The number of allylic oxidation sites excluding steroid dienone is 1. The summed E-state index contributed by atoms with van der Waals surface area (Å²) >= 11 is 0. The van der Waals surface area contributed by atoms with E-state index in [1.165, 1.54) is 0 Å². The van der Waals surface area contributed by atoms with Crippen LogP contribution < -0.4 is 0 Å². The molecule has 0 saturated heterocycles. The first kappa shape index (κ1) is 11.7. The Hall–Kier alpha value is -2.42. The van der Waals surface area contributed by atoms with Crippen molar-refractivity contribution in [1.29, 1.82) is 0 Å². The van der Waals surface area contributed by atoms with Crippen LogP contribution in [0.15, 0.2) is 48.2 Å². The third kappa shape index (κ3) is 2.27. The van der Waals surface area contributed by atoms with Crippen LogP contribution in [-0.4, -0.2) is 15.9 Å². The Kier molecular flexibility index (Phi) is 2.88. The maximum absolute atomic E-state index is 12.4. The molecule has 0 spiro atoms. The summed E-state index contributed by atoms with van der Waals surface area (Å²) in [7, 11) is 0. The maximum atomic E-state index is 12.4. The molecule has 0 aliphatic heterocycles. The Balaban J connectivity index is 2.00. The molecular formula is C16H13NO2. The van der Waals surface area contributed by atoms with Crippen molar-refractivity contribution in [2.45, 2.75) is 12.8 Å². The quantitative estimate of drug-likeness (QED) is 0.793. The minimum absolute atomic E-state index is 0.0113. The summed E-state index contributed by atoms with van der Waals surface area (Å²) in [6, 6.07) is 10.6. The number of carbonyl (C=O) groups excluding carboxylic acids is 1. The Morgan fingerprint density at radius 3 is 2.84 bits per heavy atom. The van der Waals surface area contributed by atoms with Crippen LogP contribution in [-0.2, 0) is 6.42 Å². The van der Waals surface area contributed by atoms with Crippen molar-refractivity contribution in [1.82, 2.24) is 4.98 Å². The Bertz CT molecular complexity index is 660. The average Bonchev–Trinajstić information content (AvgIpc) is 2.44. The molecule has 1 aromatic carbocycles. The number of hydrogen-bond donors (Lipinski definition) is 1. The van der Waals surface area contributed by atoms with Gasteiger partial charge in [0.15, 0.2) is 5.78 Å². The lowest BCUT2D eigenvalue weighted by Crippen LogP contribution is -2.13. The van der Waals surface area contributed by atoms with Gasteiger partial charge in [-0.05, 0) is 48.7 Å². The molecule has 1 aliphatic rings. The highest BCUT2D eigenvalue weighted by molar-refractivity contribution is 6.13. The van der Waals surface area contributed by atoms with Crippen molar-refractivity contribution < 1.29 is 9.90 Å². The van der Waals surface area contributed by atoms with Crippen LogP contribution in [0, 0.1) is 0 Å². The SMILES string of the molecule is O=C1/C(=C/c2ccccn2)CCc2ccc(O)cc21. The lowest BCUT2D eigenvalue weighted by Gasteiger charge is -2.17. The highest BCUT2D eigenvalue weighted by Crippen LogP contribution is 2.28. The van der Waals surface area contributed by atoms with Gasteiger partial charge in [0.1, 0.15) is 5.75 Å². The number of ketones is 1. The fourth-order valence-corrected chi connectivity index (χ4v) is 2.33. The fourth-order valence-electron chi connectivity index (χ4n) is 2.33. The molecule has 0 fully saturated rings. The molecule has 3 nitrogen and oxygen atoms in total. The number of pyridine rings is 1. The topological polar surface area (TPSA) is 50.2 Å². The van der Waals surface area contributed by atoms with E-state index in [2.05, 4.69) is 4.98 Å². The molecule has 1 aromatic heterocycles. The summed E-state index contributed by atoms with van der Waals surface area (Å²) < 4.78 is 0. The zero-order valence-electron chi connectivity index (χ0n) is 10.3. The van der Waals surface area contributed by atoms with Crippen LogP contribution in [0.2, 0.25) is 0 Å². The summed E-state index contributed by atoms with van der Waals surface area (Å²) in [5, 5.41) is 9.50. The minimum atomic E-state index is -0.0113.